The maximum atomic E-state index is 12.0. The average molecular weight is 275 g/mol. The molecule has 1 aromatic carbocycles. The van der Waals surface area contributed by atoms with E-state index in [4.69, 9.17) is 0 Å². The predicted molar refractivity (Wildman–Crippen MR) is 78.3 cm³/mol. The highest BCUT2D eigenvalue weighted by Crippen LogP contribution is 2.10. The van der Waals surface area contributed by atoms with E-state index in [0.717, 1.165) is 11.1 Å². The summed E-state index contributed by atoms with van der Waals surface area (Å²) in [4.78, 5) is 23.2. The molecule has 0 aliphatic heterocycles. The Balaban J connectivity index is 2.66. The number of rotatable bonds is 7. The molecule has 0 fully saturated rings. The molecule has 0 saturated carbocycles. The van der Waals surface area contributed by atoms with Crippen LogP contribution in [-0.4, -0.2) is 23.0 Å². The Morgan fingerprint density at radius 3 is 2.40 bits per heavy atom. The van der Waals surface area contributed by atoms with Gasteiger partial charge in [-0.1, -0.05) is 42.8 Å². The second kappa shape index (κ2) is 7.48. The van der Waals surface area contributed by atoms with Crippen LogP contribution in [0, 0.1) is 5.92 Å². The van der Waals surface area contributed by atoms with Gasteiger partial charge >= 0.3 is 5.97 Å². The van der Waals surface area contributed by atoms with Crippen LogP contribution < -0.4 is 5.32 Å². The molecule has 0 radical (unpaired) electrons. The van der Waals surface area contributed by atoms with E-state index in [0.29, 0.717) is 6.42 Å². The largest absolute Gasteiger partial charge is 0.480 e. The molecular formula is C16H21NO3. The Labute approximate surface area is 119 Å². The number of hydrogen-bond donors (Lipinski definition) is 2. The van der Waals surface area contributed by atoms with Crippen LogP contribution in [0.2, 0.25) is 0 Å². The zero-order valence-corrected chi connectivity index (χ0v) is 11.9. The lowest BCUT2D eigenvalue weighted by Gasteiger charge is -2.18. The van der Waals surface area contributed by atoms with Crippen molar-refractivity contribution in [2.75, 3.05) is 0 Å². The van der Waals surface area contributed by atoms with Crippen molar-refractivity contribution in [3.8, 4) is 0 Å². The van der Waals surface area contributed by atoms with Gasteiger partial charge < -0.3 is 10.4 Å². The van der Waals surface area contributed by atoms with Crippen LogP contribution >= 0.6 is 0 Å². The zero-order valence-electron chi connectivity index (χ0n) is 11.9. The second-order valence-corrected chi connectivity index (χ2v) is 5.15. The first-order chi connectivity index (χ1) is 9.40. The van der Waals surface area contributed by atoms with Gasteiger partial charge in [0.05, 0.1) is 0 Å². The summed E-state index contributed by atoms with van der Waals surface area (Å²) in [5, 5.41) is 11.8. The van der Waals surface area contributed by atoms with E-state index in [2.05, 4.69) is 11.9 Å². The van der Waals surface area contributed by atoms with Crippen LogP contribution in [0.5, 0.6) is 0 Å². The quantitative estimate of drug-likeness (QED) is 0.751. The Hall–Kier alpha value is -2.10. The summed E-state index contributed by atoms with van der Waals surface area (Å²) >= 11 is 0. The number of amides is 1. The van der Waals surface area contributed by atoms with Crippen molar-refractivity contribution < 1.29 is 14.7 Å². The molecule has 1 aromatic rings. The third-order valence-electron chi connectivity index (χ3n) is 3.00. The summed E-state index contributed by atoms with van der Waals surface area (Å²) in [6.07, 6.45) is 0.839. The molecule has 0 spiro atoms. The summed E-state index contributed by atoms with van der Waals surface area (Å²) in [6.45, 7) is 7.38. The molecule has 0 bridgehead atoms. The van der Waals surface area contributed by atoms with E-state index in [1.54, 1.807) is 6.92 Å². The van der Waals surface area contributed by atoms with E-state index in [9.17, 15) is 14.7 Å². The molecule has 108 valence electrons. The van der Waals surface area contributed by atoms with Gasteiger partial charge in [0.25, 0.3) is 0 Å². The monoisotopic (exact) mass is 275 g/mol. The van der Waals surface area contributed by atoms with Crippen LogP contribution in [0.4, 0.5) is 0 Å². The molecule has 1 unspecified atom stereocenters. The lowest BCUT2D eigenvalue weighted by atomic mass is 10.0. The normalized spacial score (nSPS) is 13.3. The van der Waals surface area contributed by atoms with Crippen molar-refractivity contribution in [3.63, 3.8) is 0 Å². The number of carboxylic acid groups (broad SMARTS) is 1. The summed E-state index contributed by atoms with van der Waals surface area (Å²) in [6, 6.07) is 8.35. The SMILES string of the molecule is C=C(C)CC(C)C(=O)N[C@H](Cc1ccccc1)C(=O)O. The van der Waals surface area contributed by atoms with Crippen LogP contribution in [0.1, 0.15) is 25.8 Å². The first-order valence-electron chi connectivity index (χ1n) is 6.61. The highest BCUT2D eigenvalue weighted by Gasteiger charge is 2.23. The number of carbonyl (C=O) groups excluding carboxylic acids is 1. The molecule has 2 atom stereocenters. The van der Waals surface area contributed by atoms with Crippen LogP contribution in [0.15, 0.2) is 42.5 Å². The molecule has 4 nitrogen and oxygen atoms in total. The summed E-state index contributed by atoms with van der Waals surface area (Å²) in [5.41, 5.74) is 1.79. The van der Waals surface area contributed by atoms with Crippen molar-refractivity contribution in [3.05, 3.63) is 48.0 Å². The maximum Gasteiger partial charge on any atom is 0.326 e. The van der Waals surface area contributed by atoms with Crippen LogP contribution in [0.25, 0.3) is 0 Å². The minimum atomic E-state index is -1.02. The molecule has 0 heterocycles. The molecular weight excluding hydrogens is 254 g/mol. The molecule has 0 aliphatic rings. The third kappa shape index (κ3) is 5.26. The van der Waals surface area contributed by atoms with E-state index >= 15 is 0 Å². The van der Waals surface area contributed by atoms with Crippen molar-refractivity contribution in [1.82, 2.24) is 5.32 Å². The van der Waals surface area contributed by atoms with Gasteiger partial charge in [0.1, 0.15) is 6.04 Å². The molecule has 1 rings (SSSR count). The number of benzene rings is 1. The number of carboxylic acids is 1. The molecule has 0 saturated heterocycles. The Kier molecular flexibility index (Phi) is 5.97. The van der Waals surface area contributed by atoms with Crippen LogP contribution in [0.3, 0.4) is 0 Å². The molecule has 2 N–H and O–H groups in total. The van der Waals surface area contributed by atoms with Crippen LogP contribution in [-0.2, 0) is 16.0 Å². The van der Waals surface area contributed by atoms with E-state index in [-0.39, 0.29) is 18.2 Å². The summed E-state index contributed by atoms with van der Waals surface area (Å²) < 4.78 is 0. The van der Waals surface area contributed by atoms with E-state index in [1.165, 1.54) is 0 Å². The lowest BCUT2D eigenvalue weighted by molar-refractivity contribution is -0.142. The minimum Gasteiger partial charge on any atom is -0.480 e. The fourth-order valence-corrected chi connectivity index (χ4v) is 1.98. The van der Waals surface area contributed by atoms with Crippen molar-refractivity contribution in [2.45, 2.75) is 32.7 Å². The predicted octanol–water partition coefficient (Wildman–Crippen LogP) is 2.40. The molecule has 4 heteroatoms. The maximum absolute atomic E-state index is 12.0. The zero-order chi connectivity index (χ0) is 15.1. The Bertz CT molecular complexity index is 482. The molecule has 0 aromatic heterocycles. The first kappa shape index (κ1) is 16.0. The number of allylic oxidation sites excluding steroid dienone is 1. The highest BCUT2D eigenvalue weighted by atomic mass is 16.4. The van der Waals surface area contributed by atoms with Gasteiger partial charge in [-0.05, 0) is 18.9 Å². The summed E-state index contributed by atoms with van der Waals surface area (Å²) in [7, 11) is 0. The van der Waals surface area contributed by atoms with Gasteiger partial charge in [0.15, 0.2) is 0 Å². The molecule has 20 heavy (non-hydrogen) atoms. The van der Waals surface area contributed by atoms with Gasteiger partial charge in [-0.2, -0.15) is 0 Å². The van der Waals surface area contributed by atoms with E-state index in [1.807, 2.05) is 37.3 Å². The number of hydrogen-bond acceptors (Lipinski definition) is 2. The number of aliphatic carboxylic acids is 1. The van der Waals surface area contributed by atoms with Gasteiger partial charge in [0, 0.05) is 12.3 Å². The second-order valence-electron chi connectivity index (χ2n) is 5.15. The number of nitrogens with one attached hydrogen (secondary N) is 1. The first-order valence-corrected chi connectivity index (χ1v) is 6.61. The molecule has 1 amide bonds. The third-order valence-corrected chi connectivity index (χ3v) is 3.00. The van der Waals surface area contributed by atoms with Crippen molar-refractivity contribution in [2.24, 2.45) is 5.92 Å². The van der Waals surface area contributed by atoms with Crippen molar-refractivity contribution in [1.29, 1.82) is 0 Å². The molecule has 0 aliphatic carbocycles. The average Bonchev–Trinajstić information content (AvgIpc) is 2.38. The van der Waals surface area contributed by atoms with E-state index < -0.39 is 12.0 Å². The van der Waals surface area contributed by atoms with Gasteiger partial charge in [0.2, 0.25) is 5.91 Å². The fourth-order valence-electron chi connectivity index (χ4n) is 1.98. The highest BCUT2D eigenvalue weighted by molar-refractivity contribution is 5.85. The standard InChI is InChI=1S/C16H21NO3/c1-11(2)9-12(3)15(18)17-14(16(19)20)10-13-7-5-4-6-8-13/h4-8,12,14H,1,9-10H2,2-3H3,(H,17,18)(H,19,20)/t12?,14-/m1/s1. The van der Waals surface area contributed by atoms with Gasteiger partial charge in [-0.25, -0.2) is 4.79 Å². The van der Waals surface area contributed by atoms with Gasteiger partial charge in [-0.15, -0.1) is 6.58 Å². The van der Waals surface area contributed by atoms with Crippen molar-refractivity contribution >= 4 is 11.9 Å². The Morgan fingerprint density at radius 1 is 1.30 bits per heavy atom. The minimum absolute atomic E-state index is 0.253. The summed E-state index contributed by atoms with van der Waals surface area (Å²) in [5.74, 6) is -1.55. The number of carbonyl (C=O) groups is 2. The lowest BCUT2D eigenvalue weighted by Crippen LogP contribution is -2.44. The van der Waals surface area contributed by atoms with Gasteiger partial charge in [-0.3, -0.25) is 4.79 Å². The fraction of sp³-hybridized carbons (Fsp3) is 0.375. The smallest absolute Gasteiger partial charge is 0.326 e. The Morgan fingerprint density at radius 2 is 1.90 bits per heavy atom. The topological polar surface area (TPSA) is 66.4 Å².